The van der Waals surface area contributed by atoms with Crippen molar-refractivity contribution in [2.45, 2.75) is 36.6 Å². The van der Waals surface area contributed by atoms with E-state index >= 15 is 0 Å². The fraction of sp³-hybridized carbons (Fsp3) is 0.154. The van der Waals surface area contributed by atoms with Gasteiger partial charge in [0.25, 0.3) is 11.8 Å². The zero-order valence-electron chi connectivity index (χ0n) is 18.9. The first-order valence-corrected chi connectivity index (χ1v) is 11.7. The average molecular weight is 471 g/mol. The molecule has 0 fully saturated rings. The second-order valence-electron chi connectivity index (χ2n) is 8.23. The molecule has 0 atom stereocenters. The van der Waals surface area contributed by atoms with Gasteiger partial charge in [0.1, 0.15) is 0 Å². The van der Waals surface area contributed by atoms with Gasteiger partial charge in [0, 0.05) is 39.6 Å². The van der Waals surface area contributed by atoms with Crippen LogP contribution in [-0.2, 0) is 4.79 Å². The summed E-state index contributed by atoms with van der Waals surface area (Å²) in [6.45, 7) is 5.48. The Labute approximate surface area is 201 Å². The Morgan fingerprint density at radius 2 is 1.82 bits per heavy atom. The molecule has 34 heavy (non-hydrogen) atoms. The third-order valence-corrected chi connectivity index (χ3v) is 6.53. The van der Waals surface area contributed by atoms with E-state index in [9.17, 15) is 9.59 Å². The van der Waals surface area contributed by atoms with E-state index < -0.39 is 0 Å². The number of carbonyl (C=O) groups excluding carboxylic acids is 2. The summed E-state index contributed by atoms with van der Waals surface area (Å²) >= 11 is 1.56. The van der Waals surface area contributed by atoms with E-state index in [0.29, 0.717) is 28.5 Å². The van der Waals surface area contributed by atoms with Gasteiger partial charge in [-0.2, -0.15) is 4.98 Å². The van der Waals surface area contributed by atoms with Gasteiger partial charge in [0.2, 0.25) is 11.7 Å². The Kier molecular flexibility index (Phi) is 5.67. The van der Waals surface area contributed by atoms with Crippen molar-refractivity contribution in [2.75, 3.05) is 10.2 Å². The Bertz CT molecular complexity index is 1410. The number of carbonyl (C=O) groups is 2. The highest BCUT2D eigenvalue weighted by Gasteiger charge is 2.29. The fourth-order valence-corrected chi connectivity index (χ4v) is 5.03. The minimum atomic E-state index is -0.152. The maximum Gasteiger partial charge on any atom is 0.259 e. The van der Waals surface area contributed by atoms with Crippen molar-refractivity contribution >= 4 is 35.0 Å². The standard InChI is InChI=1S/C26H22N4O3S/c1-15(2)30-21-12-11-17(14-23(21)34-22-10-5-4-9-20(22)26(30)32)24-28-25(33-29-24)18-7-6-8-19(13-18)27-16(3)31/h4-15H,1-3H3,(H,27,31). The molecule has 2 amide bonds. The van der Waals surface area contributed by atoms with Gasteiger partial charge in [-0.05, 0) is 62.4 Å². The first-order valence-electron chi connectivity index (χ1n) is 10.9. The highest BCUT2D eigenvalue weighted by atomic mass is 32.2. The SMILES string of the molecule is CC(=O)Nc1cccc(-c2nc(-c3ccc4c(c3)Sc3ccccc3C(=O)N4C(C)C)no2)c1. The maximum atomic E-state index is 13.3. The molecule has 0 radical (unpaired) electrons. The number of nitrogens with zero attached hydrogens (tertiary/aromatic N) is 3. The number of fused-ring (bicyclic) bond motifs is 2. The van der Waals surface area contributed by atoms with Crippen molar-refractivity contribution in [3.63, 3.8) is 0 Å². The molecule has 1 aliphatic heterocycles. The molecule has 1 N–H and O–H groups in total. The van der Waals surface area contributed by atoms with E-state index in [1.807, 2.05) is 73.3 Å². The van der Waals surface area contributed by atoms with Crippen LogP contribution in [0.2, 0.25) is 0 Å². The lowest BCUT2D eigenvalue weighted by Crippen LogP contribution is -2.36. The van der Waals surface area contributed by atoms with Crippen LogP contribution < -0.4 is 10.2 Å². The Morgan fingerprint density at radius 3 is 2.62 bits per heavy atom. The van der Waals surface area contributed by atoms with E-state index in [0.717, 1.165) is 21.0 Å². The fourth-order valence-electron chi connectivity index (χ4n) is 3.93. The van der Waals surface area contributed by atoms with Crippen LogP contribution >= 0.6 is 11.8 Å². The molecule has 4 aromatic rings. The first-order chi connectivity index (χ1) is 16.4. The third-order valence-electron chi connectivity index (χ3n) is 5.41. The molecular formula is C26H22N4O3S. The van der Waals surface area contributed by atoms with E-state index in [2.05, 4.69) is 15.5 Å². The molecule has 7 nitrogen and oxygen atoms in total. The maximum absolute atomic E-state index is 13.3. The molecule has 2 heterocycles. The largest absolute Gasteiger partial charge is 0.334 e. The van der Waals surface area contributed by atoms with Crippen LogP contribution in [0.4, 0.5) is 11.4 Å². The predicted octanol–water partition coefficient (Wildman–Crippen LogP) is 5.88. The third kappa shape index (κ3) is 4.08. The first kappa shape index (κ1) is 21.9. The summed E-state index contributed by atoms with van der Waals surface area (Å²) in [5, 5.41) is 6.93. The molecule has 0 saturated carbocycles. The number of aromatic nitrogens is 2. The summed E-state index contributed by atoms with van der Waals surface area (Å²) in [4.78, 5) is 32.9. The van der Waals surface area contributed by atoms with Crippen LogP contribution in [0.3, 0.4) is 0 Å². The van der Waals surface area contributed by atoms with Gasteiger partial charge in [-0.25, -0.2) is 0 Å². The van der Waals surface area contributed by atoms with Gasteiger partial charge in [-0.3, -0.25) is 9.59 Å². The van der Waals surface area contributed by atoms with Crippen LogP contribution in [0, 0.1) is 0 Å². The monoisotopic (exact) mass is 470 g/mol. The van der Waals surface area contributed by atoms with Gasteiger partial charge >= 0.3 is 0 Å². The molecule has 0 saturated heterocycles. The van der Waals surface area contributed by atoms with Crippen molar-refractivity contribution in [1.29, 1.82) is 0 Å². The normalized spacial score (nSPS) is 12.8. The molecule has 0 spiro atoms. The Hall–Kier alpha value is -3.91. The quantitative estimate of drug-likeness (QED) is 0.401. The van der Waals surface area contributed by atoms with E-state index in [4.69, 9.17) is 4.52 Å². The Morgan fingerprint density at radius 1 is 1.00 bits per heavy atom. The molecule has 1 aromatic heterocycles. The number of nitrogens with one attached hydrogen (secondary N) is 1. The summed E-state index contributed by atoms with van der Waals surface area (Å²) in [5.74, 6) is 0.643. The molecule has 170 valence electrons. The van der Waals surface area contributed by atoms with E-state index in [-0.39, 0.29) is 17.9 Å². The van der Waals surface area contributed by atoms with Crippen LogP contribution in [0.5, 0.6) is 0 Å². The molecule has 1 aliphatic rings. The number of amides is 2. The van der Waals surface area contributed by atoms with Crippen molar-refractivity contribution < 1.29 is 14.1 Å². The lowest BCUT2D eigenvalue weighted by atomic mass is 10.1. The summed E-state index contributed by atoms with van der Waals surface area (Å²) in [7, 11) is 0. The highest BCUT2D eigenvalue weighted by Crippen LogP contribution is 2.43. The Balaban J connectivity index is 1.53. The van der Waals surface area contributed by atoms with Gasteiger partial charge < -0.3 is 14.7 Å². The number of benzene rings is 3. The predicted molar refractivity (Wildman–Crippen MR) is 132 cm³/mol. The molecule has 8 heteroatoms. The molecule has 0 bridgehead atoms. The van der Waals surface area contributed by atoms with Crippen LogP contribution in [0.15, 0.2) is 81.0 Å². The number of rotatable bonds is 4. The second kappa shape index (κ2) is 8.79. The minimum Gasteiger partial charge on any atom is -0.334 e. The lowest BCUT2D eigenvalue weighted by Gasteiger charge is -2.27. The minimum absolute atomic E-state index is 0.00322. The molecule has 5 rings (SSSR count). The summed E-state index contributed by atoms with van der Waals surface area (Å²) in [5.41, 5.74) is 3.70. The van der Waals surface area contributed by atoms with Crippen molar-refractivity contribution in [3.05, 3.63) is 72.3 Å². The van der Waals surface area contributed by atoms with Crippen molar-refractivity contribution in [3.8, 4) is 22.8 Å². The summed E-state index contributed by atoms with van der Waals surface area (Å²) < 4.78 is 5.52. The number of hydrogen-bond donors (Lipinski definition) is 1. The summed E-state index contributed by atoms with van der Waals surface area (Å²) in [6.07, 6.45) is 0. The zero-order valence-corrected chi connectivity index (χ0v) is 19.7. The molecule has 3 aromatic carbocycles. The van der Waals surface area contributed by atoms with Gasteiger partial charge in [0.05, 0.1) is 11.3 Å². The number of anilines is 2. The zero-order chi connectivity index (χ0) is 23.8. The number of hydrogen-bond acceptors (Lipinski definition) is 6. The molecule has 0 unspecified atom stereocenters. The second-order valence-corrected chi connectivity index (χ2v) is 9.32. The van der Waals surface area contributed by atoms with Crippen LogP contribution in [0.1, 0.15) is 31.1 Å². The van der Waals surface area contributed by atoms with Crippen molar-refractivity contribution in [2.24, 2.45) is 0 Å². The van der Waals surface area contributed by atoms with E-state index in [1.165, 1.54) is 6.92 Å². The topological polar surface area (TPSA) is 88.3 Å². The van der Waals surface area contributed by atoms with Crippen LogP contribution in [-0.4, -0.2) is 28.0 Å². The van der Waals surface area contributed by atoms with Gasteiger partial charge in [0.15, 0.2) is 0 Å². The molecule has 0 aliphatic carbocycles. The summed E-state index contributed by atoms with van der Waals surface area (Å²) in [6, 6.07) is 20.7. The van der Waals surface area contributed by atoms with Gasteiger partial charge in [-0.1, -0.05) is 35.1 Å². The van der Waals surface area contributed by atoms with E-state index in [1.54, 1.807) is 23.9 Å². The average Bonchev–Trinajstić information content (AvgIpc) is 3.26. The smallest absolute Gasteiger partial charge is 0.259 e. The highest BCUT2D eigenvalue weighted by molar-refractivity contribution is 7.99. The van der Waals surface area contributed by atoms with Gasteiger partial charge in [-0.15, -0.1) is 0 Å². The lowest BCUT2D eigenvalue weighted by molar-refractivity contribution is -0.114. The van der Waals surface area contributed by atoms with Crippen molar-refractivity contribution in [1.82, 2.24) is 10.1 Å². The molecular weight excluding hydrogens is 448 g/mol. The van der Waals surface area contributed by atoms with Crippen LogP contribution in [0.25, 0.3) is 22.8 Å².